The van der Waals surface area contributed by atoms with E-state index in [1.165, 1.54) is 11.1 Å². The summed E-state index contributed by atoms with van der Waals surface area (Å²) in [5, 5.41) is 13.7. The van der Waals surface area contributed by atoms with Crippen LogP contribution in [0.3, 0.4) is 0 Å². The summed E-state index contributed by atoms with van der Waals surface area (Å²) in [6, 6.07) is 18.8. The van der Waals surface area contributed by atoms with Gasteiger partial charge in [0.05, 0.1) is 6.10 Å². The van der Waals surface area contributed by atoms with Gasteiger partial charge in [0, 0.05) is 12.6 Å². The van der Waals surface area contributed by atoms with Crippen LogP contribution in [0, 0.1) is 0 Å². The molecule has 2 unspecified atom stereocenters. The van der Waals surface area contributed by atoms with E-state index in [0.29, 0.717) is 12.6 Å². The maximum absolute atomic E-state index is 10.2. The van der Waals surface area contributed by atoms with Crippen LogP contribution < -0.4 is 5.32 Å². The molecule has 0 saturated carbocycles. The zero-order valence-electron chi connectivity index (χ0n) is 10.9. The van der Waals surface area contributed by atoms with E-state index >= 15 is 0 Å². The molecule has 2 nitrogen and oxygen atoms in total. The first-order valence-corrected chi connectivity index (χ1v) is 6.89. The summed E-state index contributed by atoms with van der Waals surface area (Å²) in [4.78, 5) is 0. The molecule has 19 heavy (non-hydrogen) atoms. The summed E-state index contributed by atoms with van der Waals surface area (Å²) in [7, 11) is 0. The third-order valence-corrected chi connectivity index (χ3v) is 3.87. The Labute approximate surface area is 114 Å². The standard InChI is InChI=1S/C17H19NO/c19-17(14-7-2-1-3-8-14)12-18-16-11-10-13-6-4-5-9-15(13)16/h1-9,16-19H,10-12H2. The number of rotatable bonds is 4. The Morgan fingerprint density at radius 3 is 2.63 bits per heavy atom. The minimum atomic E-state index is -0.436. The van der Waals surface area contributed by atoms with Crippen LogP contribution in [0.5, 0.6) is 0 Å². The molecule has 0 bridgehead atoms. The van der Waals surface area contributed by atoms with Crippen LogP contribution in [0.4, 0.5) is 0 Å². The summed E-state index contributed by atoms with van der Waals surface area (Å²) in [6.07, 6.45) is 1.82. The van der Waals surface area contributed by atoms with Gasteiger partial charge in [-0.1, -0.05) is 54.6 Å². The molecule has 98 valence electrons. The fourth-order valence-electron chi connectivity index (χ4n) is 2.82. The summed E-state index contributed by atoms with van der Waals surface area (Å²) >= 11 is 0. The molecule has 0 spiro atoms. The van der Waals surface area contributed by atoms with Gasteiger partial charge in [0.1, 0.15) is 0 Å². The maximum Gasteiger partial charge on any atom is 0.0914 e. The molecule has 0 fully saturated rings. The molecule has 1 aliphatic carbocycles. The molecule has 0 aromatic heterocycles. The summed E-state index contributed by atoms with van der Waals surface area (Å²) in [6.45, 7) is 0.600. The van der Waals surface area contributed by atoms with Crippen LogP contribution in [0.25, 0.3) is 0 Å². The maximum atomic E-state index is 10.2. The zero-order valence-corrected chi connectivity index (χ0v) is 10.9. The quantitative estimate of drug-likeness (QED) is 0.878. The second kappa shape index (κ2) is 5.55. The van der Waals surface area contributed by atoms with Crippen LogP contribution in [0.2, 0.25) is 0 Å². The van der Waals surface area contributed by atoms with Crippen molar-refractivity contribution in [2.75, 3.05) is 6.54 Å². The predicted molar refractivity (Wildman–Crippen MR) is 76.9 cm³/mol. The van der Waals surface area contributed by atoms with E-state index in [-0.39, 0.29) is 0 Å². The van der Waals surface area contributed by atoms with Gasteiger partial charge in [-0.15, -0.1) is 0 Å². The minimum absolute atomic E-state index is 0.384. The minimum Gasteiger partial charge on any atom is -0.387 e. The largest absolute Gasteiger partial charge is 0.387 e. The number of fused-ring (bicyclic) bond motifs is 1. The van der Waals surface area contributed by atoms with Crippen LogP contribution in [-0.2, 0) is 6.42 Å². The first-order valence-electron chi connectivity index (χ1n) is 6.89. The molecule has 2 atom stereocenters. The molecule has 0 amide bonds. The predicted octanol–water partition coefficient (Wildman–Crippen LogP) is 3.00. The SMILES string of the molecule is OC(CNC1CCc2ccccc21)c1ccccc1. The molecule has 2 aromatic rings. The van der Waals surface area contributed by atoms with Crippen molar-refractivity contribution in [2.45, 2.75) is 25.0 Å². The van der Waals surface area contributed by atoms with Crippen LogP contribution in [0.1, 0.15) is 35.3 Å². The van der Waals surface area contributed by atoms with Gasteiger partial charge in [0.15, 0.2) is 0 Å². The number of benzene rings is 2. The van der Waals surface area contributed by atoms with Gasteiger partial charge in [-0.2, -0.15) is 0 Å². The summed E-state index contributed by atoms with van der Waals surface area (Å²) in [5.74, 6) is 0. The molecule has 2 N–H and O–H groups in total. The highest BCUT2D eigenvalue weighted by molar-refractivity contribution is 5.34. The third kappa shape index (κ3) is 2.70. The van der Waals surface area contributed by atoms with Gasteiger partial charge in [-0.3, -0.25) is 0 Å². The topological polar surface area (TPSA) is 32.3 Å². The van der Waals surface area contributed by atoms with E-state index in [0.717, 1.165) is 18.4 Å². The molecule has 1 aliphatic rings. The van der Waals surface area contributed by atoms with E-state index in [1.807, 2.05) is 30.3 Å². The van der Waals surface area contributed by atoms with Crippen molar-refractivity contribution in [3.8, 4) is 0 Å². The second-order valence-electron chi connectivity index (χ2n) is 5.12. The Hall–Kier alpha value is -1.64. The highest BCUT2D eigenvalue weighted by Gasteiger charge is 2.22. The van der Waals surface area contributed by atoms with Gasteiger partial charge >= 0.3 is 0 Å². The lowest BCUT2D eigenvalue weighted by Gasteiger charge is -2.17. The van der Waals surface area contributed by atoms with E-state index in [4.69, 9.17) is 0 Å². The van der Waals surface area contributed by atoms with Crippen molar-refractivity contribution >= 4 is 0 Å². The highest BCUT2D eigenvalue weighted by Crippen LogP contribution is 2.30. The van der Waals surface area contributed by atoms with Gasteiger partial charge in [0.25, 0.3) is 0 Å². The van der Waals surface area contributed by atoms with E-state index < -0.39 is 6.10 Å². The average Bonchev–Trinajstić information content (AvgIpc) is 2.89. The second-order valence-corrected chi connectivity index (χ2v) is 5.12. The summed E-state index contributed by atoms with van der Waals surface area (Å²) in [5.41, 5.74) is 3.80. The van der Waals surface area contributed by atoms with Crippen molar-refractivity contribution in [3.05, 3.63) is 71.3 Å². The third-order valence-electron chi connectivity index (χ3n) is 3.87. The molecular weight excluding hydrogens is 234 g/mol. The van der Waals surface area contributed by atoms with Crippen molar-refractivity contribution in [1.82, 2.24) is 5.32 Å². The molecule has 3 rings (SSSR count). The van der Waals surface area contributed by atoms with Crippen molar-refractivity contribution in [1.29, 1.82) is 0 Å². The van der Waals surface area contributed by atoms with E-state index in [9.17, 15) is 5.11 Å². The van der Waals surface area contributed by atoms with Gasteiger partial charge in [-0.05, 0) is 29.5 Å². The lowest BCUT2D eigenvalue weighted by Crippen LogP contribution is -2.25. The van der Waals surface area contributed by atoms with Crippen molar-refractivity contribution < 1.29 is 5.11 Å². The lowest BCUT2D eigenvalue weighted by atomic mass is 10.1. The lowest BCUT2D eigenvalue weighted by molar-refractivity contribution is 0.169. The summed E-state index contributed by atoms with van der Waals surface area (Å²) < 4.78 is 0. The van der Waals surface area contributed by atoms with Gasteiger partial charge in [-0.25, -0.2) is 0 Å². The first-order chi connectivity index (χ1) is 9.34. The monoisotopic (exact) mass is 253 g/mol. The van der Waals surface area contributed by atoms with Gasteiger partial charge in [0.2, 0.25) is 0 Å². The molecule has 2 aromatic carbocycles. The van der Waals surface area contributed by atoms with Crippen molar-refractivity contribution in [2.24, 2.45) is 0 Å². The fraction of sp³-hybridized carbons (Fsp3) is 0.294. The Balaban J connectivity index is 1.62. The normalized spacial score (nSPS) is 19.1. The van der Waals surface area contributed by atoms with Crippen molar-refractivity contribution in [3.63, 3.8) is 0 Å². The molecule has 0 radical (unpaired) electrons. The number of nitrogens with one attached hydrogen (secondary N) is 1. The number of hydrogen-bond donors (Lipinski definition) is 2. The molecule has 2 heteroatoms. The Bertz CT molecular complexity index is 538. The Morgan fingerprint density at radius 1 is 1.05 bits per heavy atom. The number of aliphatic hydroxyl groups excluding tert-OH is 1. The van der Waals surface area contributed by atoms with Crippen LogP contribution in [0.15, 0.2) is 54.6 Å². The van der Waals surface area contributed by atoms with Crippen LogP contribution in [-0.4, -0.2) is 11.7 Å². The Morgan fingerprint density at radius 2 is 1.79 bits per heavy atom. The average molecular weight is 253 g/mol. The highest BCUT2D eigenvalue weighted by atomic mass is 16.3. The Kier molecular flexibility index (Phi) is 3.62. The van der Waals surface area contributed by atoms with Gasteiger partial charge < -0.3 is 10.4 Å². The zero-order chi connectivity index (χ0) is 13.1. The fourth-order valence-corrected chi connectivity index (χ4v) is 2.82. The smallest absolute Gasteiger partial charge is 0.0914 e. The molecule has 0 saturated heterocycles. The number of hydrogen-bond acceptors (Lipinski definition) is 2. The van der Waals surface area contributed by atoms with Crippen LogP contribution >= 0.6 is 0 Å². The van der Waals surface area contributed by atoms with E-state index in [2.05, 4.69) is 29.6 Å². The number of aliphatic hydroxyl groups is 1. The first kappa shape index (κ1) is 12.4. The molecule has 0 aliphatic heterocycles. The molecular formula is C17H19NO. The van der Waals surface area contributed by atoms with E-state index in [1.54, 1.807) is 0 Å². The number of aryl methyl sites for hydroxylation is 1. The molecule has 0 heterocycles.